The van der Waals surface area contributed by atoms with Gasteiger partial charge in [-0.15, -0.1) is 0 Å². The molecule has 4 bridgehead atoms. The molecule has 3 N–H and O–H groups in total. The van der Waals surface area contributed by atoms with Gasteiger partial charge in [0.1, 0.15) is 6.10 Å². The lowest BCUT2D eigenvalue weighted by molar-refractivity contribution is -0.198. The van der Waals surface area contributed by atoms with E-state index in [4.69, 9.17) is 19.3 Å². The molecule has 0 aromatic rings. The molecule has 216 valence electrons. The van der Waals surface area contributed by atoms with Crippen LogP contribution in [0.3, 0.4) is 0 Å². The van der Waals surface area contributed by atoms with Crippen LogP contribution in [0.15, 0.2) is 72.4 Å². The molecule has 8 atom stereocenters. The smallest absolute Gasteiger partial charge is 0.331 e. The summed E-state index contributed by atoms with van der Waals surface area (Å²) >= 11 is 0. The Bertz CT molecular complexity index is 962. The first-order valence-electron chi connectivity index (χ1n) is 14.2. The molecule has 0 unspecified atom stereocenters. The molecule has 2 fully saturated rings. The molecule has 0 radical (unpaired) electrons. The molecule has 7 nitrogen and oxygen atoms in total. The van der Waals surface area contributed by atoms with E-state index in [0.717, 1.165) is 5.57 Å². The number of aliphatic hydroxyl groups excluding tert-OH is 3. The third-order valence-corrected chi connectivity index (χ3v) is 7.96. The molecule has 7 heteroatoms. The highest BCUT2D eigenvalue weighted by Gasteiger charge is 2.48. The van der Waals surface area contributed by atoms with Gasteiger partial charge >= 0.3 is 5.97 Å². The van der Waals surface area contributed by atoms with E-state index in [1.54, 1.807) is 12.2 Å². The van der Waals surface area contributed by atoms with Crippen LogP contribution in [0.1, 0.15) is 59.3 Å². The fourth-order valence-electron chi connectivity index (χ4n) is 5.30. The number of carbonyl (C=O) groups excluding carboxylic acids is 1. The molecule has 3 rings (SSSR count). The Morgan fingerprint density at radius 2 is 1.90 bits per heavy atom. The van der Waals surface area contributed by atoms with Gasteiger partial charge in [-0.1, -0.05) is 80.2 Å². The van der Waals surface area contributed by atoms with Gasteiger partial charge in [-0.25, -0.2) is 4.79 Å². The third kappa shape index (κ3) is 9.12. The summed E-state index contributed by atoms with van der Waals surface area (Å²) in [5.74, 6) is -0.465. The number of esters is 1. The van der Waals surface area contributed by atoms with E-state index < -0.39 is 23.6 Å². The quantitative estimate of drug-likeness (QED) is 0.347. The van der Waals surface area contributed by atoms with Crippen molar-refractivity contribution in [3.8, 4) is 0 Å². The summed E-state index contributed by atoms with van der Waals surface area (Å²) in [6, 6.07) is 0. The minimum absolute atomic E-state index is 0.00781. The Hall–Kier alpha value is -2.29. The van der Waals surface area contributed by atoms with Crippen LogP contribution in [0.2, 0.25) is 0 Å². The summed E-state index contributed by atoms with van der Waals surface area (Å²) < 4.78 is 18.5. The van der Waals surface area contributed by atoms with Gasteiger partial charge in [0.2, 0.25) is 0 Å². The number of rotatable bonds is 5. The molecule has 0 aromatic heterocycles. The number of allylic oxidation sites excluding steroid dienone is 6. The molecular formula is C32H46O7. The second-order valence-corrected chi connectivity index (χ2v) is 11.1. The first-order chi connectivity index (χ1) is 18.8. The average Bonchev–Trinajstić information content (AvgIpc) is 2.90. The lowest BCUT2D eigenvalue weighted by atomic mass is 9.73. The number of hydrogen-bond donors (Lipinski definition) is 3. The topological polar surface area (TPSA) is 105 Å². The van der Waals surface area contributed by atoms with Crippen LogP contribution in [-0.4, -0.2) is 71.1 Å². The highest BCUT2D eigenvalue weighted by Crippen LogP contribution is 2.41. The van der Waals surface area contributed by atoms with E-state index in [9.17, 15) is 15.0 Å². The first kappa shape index (κ1) is 31.2. The van der Waals surface area contributed by atoms with Crippen molar-refractivity contribution in [2.45, 2.75) is 95.9 Å². The number of fused-ring (bicyclic) bond motifs is 4. The van der Waals surface area contributed by atoms with Crippen molar-refractivity contribution in [2.24, 2.45) is 11.3 Å². The van der Waals surface area contributed by atoms with Crippen LogP contribution >= 0.6 is 0 Å². The molecule has 3 aliphatic rings. The molecule has 3 heterocycles. The molecule has 0 spiro atoms. The second-order valence-electron chi connectivity index (χ2n) is 11.1. The van der Waals surface area contributed by atoms with Crippen molar-refractivity contribution < 1.29 is 34.3 Å². The summed E-state index contributed by atoms with van der Waals surface area (Å²) in [7, 11) is 0. The van der Waals surface area contributed by atoms with Crippen LogP contribution < -0.4 is 0 Å². The van der Waals surface area contributed by atoms with Crippen LogP contribution in [0.5, 0.6) is 0 Å². The normalized spacial score (nSPS) is 39.8. The van der Waals surface area contributed by atoms with Crippen molar-refractivity contribution in [3.63, 3.8) is 0 Å². The maximum atomic E-state index is 12.8. The largest absolute Gasteiger partial charge is 0.458 e. The van der Waals surface area contributed by atoms with Gasteiger partial charge < -0.3 is 29.5 Å². The predicted octanol–water partition coefficient (Wildman–Crippen LogP) is 4.50. The molecule has 0 aliphatic carbocycles. The summed E-state index contributed by atoms with van der Waals surface area (Å²) in [4.78, 5) is 12.8. The zero-order valence-corrected chi connectivity index (χ0v) is 23.5. The summed E-state index contributed by atoms with van der Waals surface area (Å²) in [5, 5.41) is 30.0. The van der Waals surface area contributed by atoms with E-state index in [2.05, 4.69) is 18.2 Å². The zero-order valence-electron chi connectivity index (χ0n) is 23.5. The molecular weight excluding hydrogens is 496 g/mol. The minimum atomic E-state index is -0.779. The maximum absolute atomic E-state index is 12.8. The molecule has 2 saturated heterocycles. The van der Waals surface area contributed by atoms with Gasteiger partial charge in [-0.05, 0) is 32.6 Å². The standard InChI is InChI=1S/C32H46O7/c1-23-13-7-4-8-15-26-21-30(32(3,22-34)29(38-26)16-10-6-12-18-33)39-31(36)17-11-5-9-14-25-20-27(35)24(2)28(19-23)37-25/h5-11,13,15,17,19,24-30,33-35H,4,12,14,16,18,20-22H2,1-3H3/b9-5-,10-6?,13-7-,15-8-,17-11-,23-19?/t24-,25+,26-,27+,28-,29+,30-,32+/m1/s1. The van der Waals surface area contributed by atoms with Crippen molar-refractivity contribution >= 4 is 5.97 Å². The van der Waals surface area contributed by atoms with E-state index >= 15 is 0 Å². The van der Waals surface area contributed by atoms with Gasteiger partial charge in [-0.2, -0.15) is 0 Å². The number of carbonyl (C=O) groups is 1. The Morgan fingerprint density at radius 1 is 1.08 bits per heavy atom. The lowest BCUT2D eigenvalue weighted by Gasteiger charge is -2.47. The van der Waals surface area contributed by atoms with Crippen LogP contribution in [0.4, 0.5) is 0 Å². The molecule has 3 aliphatic heterocycles. The Kier molecular flexibility index (Phi) is 12.4. The van der Waals surface area contributed by atoms with Gasteiger partial charge in [0.15, 0.2) is 0 Å². The Morgan fingerprint density at radius 3 is 2.67 bits per heavy atom. The average molecular weight is 543 g/mol. The second kappa shape index (κ2) is 15.5. The van der Waals surface area contributed by atoms with Gasteiger partial charge in [0.05, 0.1) is 42.5 Å². The van der Waals surface area contributed by atoms with E-state index in [1.807, 2.05) is 51.2 Å². The van der Waals surface area contributed by atoms with Gasteiger partial charge in [-0.3, -0.25) is 0 Å². The first-order valence-corrected chi connectivity index (χ1v) is 14.2. The molecule has 0 aromatic carbocycles. The number of ether oxygens (including phenoxy) is 3. The van der Waals surface area contributed by atoms with Gasteiger partial charge in [0, 0.05) is 31.4 Å². The fourth-order valence-corrected chi connectivity index (χ4v) is 5.30. The number of hydrogen-bond acceptors (Lipinski definition) is 7. The van der Waals surface area contributed by atoms with Crippen molar-refractivity contribution in [1.82, 2.24) is 0 Å². The summed E-state index contributed by atoms with van der Waals surface area (Å²) in [6.45, 7) is 5.83. The Labute approximate surface area is 233 Å². The third-order valence-electron chi connectivity index (χ3n) is 7.96. The van der Waals surface area contributed by atoms with E-state index in [0.29, 0.717) is 38.5 Å². The van der Waals surface area contributed by atoms with Crippen LogP contribution in [0, 0.1) is 11.3 Å². The Balaban J connectivity index is 1.84. The zero-order chi connectivity index (χ0) is 28.3. The van der Waals surface area contributed by atoms with Crippen molar-refractivity contribution in [1.29, 1.82) is 0 Å². The predicted molar refractivity (Wildman–Crippen MR) is 152 cm³/mol. The monoisotopic (exact) mass is 542 g/mol. The van der Waals surface area contributed by atoms with Crippen LogP contribution in [-0.2, 0) is 19.0 Å². The summed E-state index contributed by atoms with van der Waals surface area (Å²) in [5.41, 5.74) is 0.300. The fraction of sp³-hybridized carbons (Fsp3) is 0.594. The maximum Gasteiger partial charge on any atom is 0.331 e. The summed E-state index contributed by atoms with van der Waals surface area (Å²) in [6.07, 6.45) is 22.4. The molecule has 0 saturated carbocycles. The van der Waals surface area contributed by atoms with Crippen LogP contribution in [0.25, 0.3) is 0 Å². The molecule has 39 heavy (non-hydrogen) atoms. The lowest BCUT2D eigenvalue weighted by Crippen LogP contribution is -2.55. The van der Waals surface area contributed by atoms with E-state index in [-0.39, 0.29) is 43.5 Å². The van der Waals surface area contributed by atoms with Crippen molar-refractivity contribution in [3.05, 3.63) is 72.4 Å². The van der Waals surface area contributed by atoms with Crippen molar-refractivity contribution in [2.75, 3.05) is 13.2 Å². The number of aliphatic hydroxyl groups is 3. The SMILES string of the molecule is CC1=C[C@H]2O[C@@H](C/C=C\C=C/C(=O)O[C@@H]3C[C@@H](/C=C\C/C=C\1)O[C@@H](CC=CCCO)[C@]3(C)CO)C[C@H](O)[C@H]2C. The highest BCUT2D eigenvalue weighted by molar-refractivity contribution is 5.82. The highest BCUT2D eigenvalue weighted by atomic mass is 16.6. The molecule has 0 amide bonds. The van der Waals surface area contributed by atoms with Gasteiger partial charge in [0.25, 0.3) is 0 Å². The minimum Gasteiger partial charge on any atom is -0.458 e. The van der Waals surface area contributed by atoms with E-state index in [1.165, 1.54) is 6.08 Å².